The molecule has 166 valence electrons. The summed E-state index contributed by atoms with van der Waals surface area (Å²) in [6.45, 7) is 1.87. The highest BCUT2D eigenvalue weighted by Crippen LogP contribution is 2.43. The summed E-state index contributed by atoms with van der Waals surface area (Å²) in [7, 11) is -3.49. The molecule has 0 spiro atoms. The van der Waals surface area contributed by atoms with Gasteiger partial charge in [-0.1, -0.05) is 23.7 Å². The van der Waals surface area contributed by atoms with E-state index in [9.17, 15) is 8.42 Å². The van der Waals surface area contributed by atoms with Gasteiger partial charge in [-0.25, -0.2) is 23.4 Å². The van der Waals surface area contributed by atoms with Crippen molar-refractivity contribution >= 4 is 27.3 Å². The zero-order valence-corrected chi connectivity index (χ0v) is 19.3. The maximum Gasteiger partial charge on any atom is 0.229 e. The Morgan fingerprint density at radius 1 is 1.31 bits per heavy atom. The van der Waals surface area contributed by atoms with Gasteiger partial charge in [-0.15, -0.1) is 0 Å². The Bertz CT molecular complexity index is 1290. The number of aromatic amines is 1. The van der Waals surface area contributed by atoms with Crippen molar-refractivity contribution in [2.45, 2.75) is 38.5 Å². The van der Waals surface area contributed by atoms with Gasteiger partial charge < -0.3 is 4.98 Å². The number of nitrogens with zero attached hydrogens (tertiary/aromatic N) is 4. The lowest BCUT2D eigenvalue weighted by Crippen LogP contribution is -2.10. The monoisotopic (exact) mass is 470 g/mol. The largest absolute Gasteiger partial charge is 0.340 e. The van der Waals surface area contributed by atoms with Crippen molar-refractivity contribution < 1.29 is 8.42 Å². The summed E-state index contributed by atoms with van der Waals surface area (Å²) in [5.74, 6) is 1.81. The smallest absolute Gasteiger partial charge is 0.229 e. The van der Waals surface area contributed by atoms with Gasteiger partial charge in [0.2, 0.25) is 10.0 Å². The van der Waals surface area contributed by atoms with Gasteiger partial charge in [0.25, 0.3) is 0 Å². The maximum atomic E-state index is 11.7. The minimum atomic E-state index is -3.49. The maximum absolute atomic E-state index is 11.7. The Balaban J connectivity index is 1.76. The van der Waals surface area contributed by atoms with Crippen molar-refractivity contribution in [1.82, 2.24) is 19.9 Å². The van der Waals surface area contributed by atoms with E-state index in [0.29, 0.717) is 52.9 Å². The van der Waals surface area contributed by atoms with Crippen LogP contribution in [0.25, 0.3) is 22.6 Å². The second-order valence-electron chi connectivity index (χ2n) is 8.09. The fraction of sp³-hybridized carbons (Fsp3) is 0.364. The Kier molecular flexibility index (Phi) is 6.17. The topological polar surface area (TPSA) is 124 Å². The predicted molar refractivity (Wildman–Crippen MR) is 124 cm³/mol. The van der Waals surface area contributed by atoms with Crippen LogP contribution in [0.4, 0.5) is 5.69 Å². The second-order valence-corrected chi connectivity index (χ2v) is 10.2. The van der Waals surface area contributed by atoms with E-state index in [1.165, 1.54) is 0 Å². The molecule has 0 radical (unpaired) electrons. The first-order chi connectivity index (χ1) is 15.2. The fourth-order valence-corrected chi connectivity index (χ4v) is 4.27. The van der Waals surface area contributed by atoms with E-state index in [-0.39, 0.29) is 10.9 Å². The van der Waals surface area contributed by atoms with Crippen LogP contribution in [-0.2, 0) is 16.4 Å². The SMILES string of the molecule is CC(C#N)CCc1nccc(-c2[nH]c(C3CC3)nc2-c2cccc(NS(C)(=O)=O)c2Cl)n1. The molecule has 1 aliphatic carbocycles. The molecule has 3 aromatic rings. The molecule has 2 N–H and O–H groups in total. The molecule has 2 heterocycles. The number of halogens is 1. The van der Waals surface area contributed by atoms with Crippen LogP contribution in [0.15, 0.2) is 30.5 Å². The first kappa shape index (κ1) is 22.2. The highest BCUT2D eigenvalue weighted by atomic mass is 35.5. The van der Waals surface area contributed by atoms with E-state index in [4.69, 9.17) is 26.8 Å². The van der Waals surface area contributed by atoms with Crippen LogP contribution >= 0.6 is 11.6 Å². The summed E-state index contributed by atoms with van der Waals surface area (Å²) in [4.78, 5) is 17.3. The molecule has 1 aliphatic rings. The van der Waals surface area contributed by atoms with E-state index in [1.54, 1.807) is 24.4 Å². The van der Waals surface area contributed by atoms with Gasteiger partial charge >= 0.3 is 0 Å². The average Bonchev–Trinajstić information content (AvgIpc) is 3.51. The number of sulfonamides is 1. The molecule has 0 aliphatic heterocycles. The van der Waals surface area contributed by atoms with E-state index >= 15 is 0 Å². The number of nitrogens with one attached hydrogen (secondary N) is 2. The minimum Gasteiger partial charge on any atom is -0.340 e. The molecule has 1 saturated carbocycles. The average molecular weight is 471 g/mol. The number of hydrogen-bond acceptors (Lipinski definition) is 6. The van der Waals surface area contributed by atoms with Crippen LogP contribution < -0.4 is 4.72 Å². The molecule has 4 rings (SSSR count). The van der Waals surface area contributed by atoms with Gasteiger partial charge in [0.15, 0.2) is 0 Å². The molecule has 0 bridgehead atoms. The highest BCUT2D eigenvalue weighted by molar-refractivity contribution is 7.92. The second kappa shape index (κ2) is 8.88. The van der Waals surface area contributed by atoms with Crippen molar-refractivity contribution in [2.75, 3.05) is 11.0 Å². The van der Waals surface area contributed by atoms with Crippen LogP contribution in [-0.4, -0.2) is 34.6 Å². The number of rotatable bonds is 8. The Morgan fingerprint density at radius 2 is 2.09 bits per heavy atom. The van der Waals surface area contributed by atoms with Gasteiger partial charge in [-0.2, -0.15) is 5.26 Å². The summed E-state index contributed by atoms with van der Waals surface area (Å²) in [6, 6.07) is 9.18. The van der Waals surface area contributed by atoms with Crippen molar-refractivity contribution in [3.63, 3.8) is 0 Å². The van der Waals surface area contributed by atoms with Crippen LogP contribution in [0, 0.1) is 17.2 Å². The fourth-order valence-electron chi connectivity index (χ4n) is 3.38. The predicted octanol–water partition coefficient (Wildman–Crippen LogP) is 4.53. The molecule has 0 saturated heterocycles. The first-order valence-electron chi connectivity index (χ1n) is 10.3. The number of benzene rings is 1. The summed E-state index contributed by atoms with van der Waals surface area (Å²) in [5, 5.41) is 9.30. The zero-order valence-electron chi connectivity index (χ0n) is 17.8. The van der Waals surface area contributed by atoms with Crippen molar-refractivity contribution in [2.24, 2.45) is 5.92 Å². The zero-order chi connectivity index (χ0) is 22.9. The summed E-state index contributed by atoms with van der Waals surface area (Å²) in [5.41, 5.74) is 2.90. The number of aromatic nitrogens is 4. The standard InChI is InChI=1S/C22H23ClN6O2S/c1-13(12-24)6-9-18-25-11-10-17(26-18)21-20(27-22(28-21)14-7-8-14)15-4-3-5-16(19(15)23)29-32(2,30)31/h3-5,10-11,13-14,29H,6-9H2,1-2H3,(H,27,28). The first-order valence-corrected chi connectivity index (χ1v) is 12.6. The highest BCUT2D eigenvalue weighted by Gasteiger charge is 2.29. The van der Waals surface area contributed by atoms with Crippen molar-refractivity contribution in [1.29, 1.82) is 5.26 Å². The normalized spacial score (nSPS) is 14.7. The molecule has 0 amide bonds. The third kappa shape index (κ3) is 5.09. The Hall–Kier alpha value is -2.96. The van der Waals surface area contributed by atoms with Crippen LogP contribution in [0.5, 0.6) is 0 Å². The van der Waals surface area contributed by atoms with Crippen LogP contribution in [0.3, 0.4) is 0 Å². The molecule has 10 heteroatoms. The third-order valence-electron chi connectivity index (χ3n) is 5.22. The number of anilines is 1. The van der Waals surface area contributed by atoms with E-state index in [1.807, 2.05) is 13.0 Å². The molecule has 1 aromatic carbocycles. The summed E-state index contributed by atoms with van der Waals surface area (Å²) < 4.78 is 25.9. The molecular weight excluding hydrogens is 448 g/mol. The Labute approximate surface area is 192 Å². The van der Waals surface area contributed by atoms with Gasteiger partial charge in [0, 0.05) is 30.0 Å². The molecule has 1 atom stereocenters. The number of nitriles is 1. The van der Waals surface area contributed by atoms with E-state index in [0.717, 1.165) is 24.9 Å². The van der Waals surface area contributed by atoms with Crippen LogP contribution in [0.2, 0.25) is 5.02 Å². The molecule has 32 heavy (non-hydrogen) atoms. The minimum absolute atomic E-state index is 0.0738. The number of hydrogen-bond donors (Lipinski definition) is 2. The number of H-pyrrole nitrogens is 1. The lowest BCUT2D eigenvalue weighted by molar-refractivity contribution is 0.607. The van der Waals surface area contributed by atoms with E-state index in [2.05, 4.69) is 20.8 Å². The molecule has 1 fully saturated rings. The van der Waals surface area contributed by atoms with Gasteiger partial charge in [-0.05, 0) is 38.3 Å². The van der Waals surface area contributed by atoms with Gasteiger partial charge in [0.05, 0.1) is 40.1 Å². The Morgan fingerprint density at radius 3 is 2.78 bits per heavy atom. The summed E-state index contributed by atoms with van der Waals surface area (Å²) in [6.07, 6.45) is 6.17. The van der Waals surface area contributed by atoms with Crippen molar-refractivity contribution in [3.05, 3.63) is 47.1 Å². The summed E-state index contributed by atoms with van der Waals surface area (Å²) >= 11 is 6.60. The molecule has 2 aromatic heterocycles. The number of aryl methyl sites for hydroxylation is 1. The van der Waals surface area contributed by atoms with Gasteiger partial charge in [-0.3, -0.25) is 4.72 Å². The van der Waals surface area contributed by atoms with Crippen LogP contribution in [0.1, 0.15) is 43.8 Å². The molecule has 1 unspecified atom stereocenters. The molecule has 8 nitrogen and oxygen atoms in total. The number of imidazole rings is 1. The lowest BCUT2D eigenvalue weighted by atomic mass is 10.1. The van der Waals surface area contributed by atoms with E-state index < -0.39 is 10.0 Å². The quantitative estimate of drug-likeness (QED) is 0.498. The lowest BCUT2D eigenvalue weighted by Gasteiger charge is -2.11. The van der Waals surface area contributed by atoms with Crippen molar-refractivity contribution in [3.8, 4) is 28.7 Å². The van der Waals surface area contributed by atoms with Gasteiger partial charge in [0.1, 0.15) is 11.6 Å². The molecular formula is C22H23ClN6O2S. The third-order valence-corrected chi connectivity index (χ3v) is 6.22.